The van der Waals surface area contributed by atoms with E-state index in [2.05, 4.69) is 19.2 Å². The molecule has 1 N–H and O–H groups in total. The molecule has 17 heavy (non-hydrogen) atoms. The lowest BCUT2D eigenvalue weighted by Crippen LogP contribution is -2.22. The summed E-state index contributed by atoms with van der Waals surface area (Å²) in [6, 6.07) is 7.97. The van der Waals surface area contributed by atoms with Gasteiger partial charge in [0.1, 0.15) is 0 Å². The Hall–Kier alpha value is -1.02. The molecule has 0 bridgehead atoms. The number of carbonyl (C=O) groups is 1. The molecular weight excluding hydrogens is 234 g/mol. The van der Waals surface area contributed by atoms with Crippen LogP contribution < -0.4 is 5.32 Å². The van der Waals surface area contributed by atoms with E-state index < -0.39 is 0 Å². The molecule has 1 amide bonds. The summed E-state index contributed by atoms with van der Waals surface area (Å²) in [6.07, 6.45) is 1.54. The van der Waals surface area contributed by atoms with Crippen LogP contribution in [0.3, 0.4) is 0 Å². The smallest absolute Gasteiger partial charge is 0.220 e. The molecule has 0 saturated heterocycles. The lowest BCUT2D eigenvalue weighted by atomic mass is 10.1. The summed E-state index contributed by atoms with van der Waals surface area (Å²) in [6.45, 7) is 4.83. The van der Waals surface area contributed by atoms with E-state index in [1.807, 2.05) is 24.3 Å². The second-order valence-corrected chi connectivity index (χ2v) is 4.93. The van der Waals surface area contributed by atoms with E-state index in [1.54, 1.807) is 0 Å². The Labute approximate surface area is 108 Å². The maximum Gasteiger partial charge on any atom is 0.220 e. The number of hydrogen-bond acceptors (Lipinski definition) is 1. The summed E-state index contributed by atoms with van der Waals surface area (Å²) in [5.41, 5.74) is 2.18. The van der Waals surface area contributed by atoms with Gasteiger partial charge in [0.15, 0.2) is 0 Å². The van der Waals surface area contributed by atoms with Gasteiger partial charge in [-0.15, -0.1) is 11.6 Å². The molecular formula is C14H20ClNO. The lowest BCUT2D eigenvalue weighted by molar-refractivity contribution is -0.121. The Morgan fingerprint density at radius 2 is 2.06 bits per heavy atom. The first kappa shape index (κ1) is 14.0. The average Bonchev–Trinajstić information content (AvgIpc) is 2.34. The first-order chi connectivity index (χ1) is 8.11. The van der Waals surface area contributed by atoms with Gasteiger partial charge in [-0.3, -0.25) is 4.79 Å². The number of benzene rings is 1. The first-order valence-electron chi connectivity index (χ1n) is 6.02. The zero-order valence-corrected chi connectivity index (χ0v) is 11.3. The molecule has 0 saturated carbocycles. The molecule has 2 nitrogen and oxygen atoms in total. The molecule has 0 radical (unpaired) electrons. The summed E-state index contributed by atoms with van der Waals surface area (Å²) >= 11 is 5.76. The minimum atomic E-state index is 0.120. The second kappa shape index (κ2) is 7.33. The van der Waals surface area contributed by atoms with Gasteiger partial charge in [-0.25, -0.2) is 0 Å². The zero-order valence-electron chi connectivity index (χ0n) is 10.5. The number of halogens is 1. The van der Waals surface area contributed by atoms with Gasteiger partial charge >= 0.3 is 0 Å². The predicted octanol–water partition coefficient (Wildman–Crippen LogP) is 3.48. The van der Waals surface area contributed by atoms with Crippen LogP contribution in [0.5, 0.6) is 0 Å². The Morgan fingerprint density at radius 1 is 1.35 bits per heavy atom. The van der Waals surface area contributed by atoms with Gasteiger partial charge < -0.3 is 5.32 Å². The van der Waals surface area contributed by atoms with E-state index in [0.717, 1.165) is 17.5 Å². The van der Waals surface area contributed by atoms with E-state index in [-0.39, 0.29) is 5.91 Å². The quantitative estimate of drug-likeness (QED) is 0.773. The van der Waals surface area contributed by atoms with Gasteiger partial charge in [0.2, 0.25) is 5.91 Å². The summed E-state index contributed by atoms with van der Waals surface area (Å²) in [5, 5.41) is 2.92. The van der Waals surface area contributed by atoms with Crippen LogP contribution in [0.15, 0.2) is 24.3 Å². The van der Waals surface area contributed by atoms with Crippen LogP contribution in [-0.2, 0) is 17.2 Å². The van der Waals surface area contributed by atoms with Crippen molar-refractivity contribution < 1.29 is 4.79 Å². The predicted molar refractivity (Wildman–Crippen MR) is 71.9 cm³/mol. The third-order valence-electron chi connectivity index (χ3n) is 2.58. The van der Waals surface area contributed by atoms with E-state index >= 15 is 0 Å². The van der Waals surface area contributed by atoms with Crippen molar-refractivity contribution in [1.29, 1.82) is 0 Å². The topological polar surface area (TPSA) is 29.1 Å². The molecule has 0 aliphatic carbocycles. The lowest BCUT2D eigenvalue weighted by Gasteiger charge is -2.07. The van der Waals surface area contributed by atoms with Gasteiger partial charge in [-0.2, -0.15) is 0 Å². The van der Waals surface area contributed by atoms with Crippen LogP contribution in [0.1, 0.15) is 37.8 Å². The number of hydrogen-bond donors (Lipinski definition) is 1. The minimum Gasteiger partial charge on any atom is -0.352 e. The third kappa shape index (κ3) is 5.73. The highest BCUT2D eigenvalue weighted by molar-refractivity contribution is 6.17. The summed E-state index contributed by atoms with van der Waals surface area (Å²) in [7, 11) is 0. The van der Waals surface area contributed by atoms with Gasteiger partial charge in [0, 0.05) is 18.8 Å². The number of amides is 1. The van der Waals surface area contributed by atoms with E-state index in [1.165, 1.54) is 0 Å². The first-order valence-corrected chi connectivity index (χ1v) is 6.55. The molecule has 0 unspecified atom stereocenters. The molecule has 1 aromatic rings. The van der Waals surface area contributed by atoms with E-state index in [4.69, 9.17) is 11.6 Å². The summed E-state index contributed by atoms with van der Waals surface area (Å²) < 4.78 is 0. The normalized spacial score (nSPS) is 10.6. The van der Waals surface area contributed by atoms with Crippen molar-refractivity contribution in [1.82, 2.24) is 5.32 Å². The van der Waals surface area contributed by atoms with E-state index in [9.17, 15) is 4.79 Å². The van der Waals surface area contributed by atoms with Crippen molar-refractivity contribution in [3.05, 3.63) is 35.4 Å². The Balaban J connectivity index is 2.36. The largest absolute Gasteiger partial charge is 0.352 e. The fraction of sp³-hybridized carbons (Fsp3) is 0.500. The highest BCUT2D eigenvalue weighted by Crippen LogP contribution is 2.08. The van der Waals surface area contributed by atoms with E-state index in [0.29, 0.717) is 24.8 Å². The number of carbonyl (C=O) groups excluding carboxylic acids is 1. The van der Waals surface area contributed by atoms with Crippen LogP contribution in [0.4, 0.5) is 0 Å². The minimum absolute atomic E-state index is 0.120. The van der Waals surface area contributed by atoms with Crippen molar-refractivity contribution in [2.24, 2.45) is 5.92 Å². The molecule has 1 rings (SSSR count). The van der Waals surface area contributed by atoms with Crippen molar-refractivity contribution in [3.8, 4) is 0 Å². The molecule has 94 valence electrons. The zero-order chi connectivity index (χ0) is 12.7. The third-order valence-corrected chi connectivity index (χ3v) is 2.89. The second-order valence-electron chi connectivity index (χ2n) is 4.66. The van der Waals surface area contributed by atoms with Crippen LogP contribution in [0, 0.1) is 5.92 Å². The SMILES string of the molecule is CC(C)CCC(=O)NCc1cccc(CCl)c1. The summed E-state index contributed by atoms with van der Waals surface area (Å²) in [4.78, 5) is 11.5. The van der Waals surface area contributed by atoms with Crippen molar-refractivity contribution in [2.75, 3.05) is 0 Å². The Morgan fingerprint density at radius 3 is 2.71 bits per heavy atom. The number of rotatable bonds is 6. The molecule has 0 aromatic heterocycles. The molecule has 0 fully saturated rings. The molecule has 0 heterocycles. The molecule has 0 atom stereocenters. The van der Waals surface area contributed by atoms with Crippen LogP contribution >= 0.6 is 11.6 Å². The molecule has 1 aromatic carbocycles. The Kier molecular flexibility index (Phi) is 6.06. The molecule has 3 heteroatoms. The van der Waals surface area contributed by atoms with Gasteiger partial charge in [0.25, 0.3) is 0 Å². The van der Waals surface area contributed by atoms with Crippen LogP contribution in [0.25, 0.3) is 0 Å². The van der Waals surface area contributed by atoms with Crippen molar-refractivity contribution in [2.45, 2.75) is 39.1 Å². The molecule has 0 aliphatic rings. The van der Waals surface area contributed by atoms with Crippen LogP contribution in [-0.4, -0.2) is 5.91 Å². The van der Waals surface area contributed by atoms with Gasteiger partial charge in [-0.1, -0.05) is 38.1 Å². The highest BCUT2D eigenvalue weighted by atomic mass is 35.5. The standard InChI is InChI=1S/C14H20ClNO/c1-11(2)6-7-14(17)16-10-13-5-3-4-12(8-13)9-15/h3-5,8,11H,6-7,9-10H2,1-2H3,(H,16,17). The average molecular weight is 254 g/mol. The fourth-order valence-corrected chi connectivity index (χ4v) is 1.70. The van der Waals surface area contributed by atoms with Crippen LogP contribution in [0.2, 0.25) is 0 Å². The number of alkyl halides is 1. The molecule has 0 aliphatic heterocycles. The van der Waals surface area contributed by atoms with Gasteiger partial charge in [-0.05, 0) is 23.5 Å². The van der Waals surface area contributed by atoms with Crippen molar-refractivity contribution >= 4 is 17.5 Å². The highest BCUT2D eigenvalue weighted by Gasteiger charge is 2.03. The Bertz CT molecular complexity index is 363. The monoisotopic (exact) mass is 253 g/mol. The van der Waals surface area contributed by atoms with Gasteiger partial charge in [0.05, 0.1) is 0 Å². The van der Waals surface area contributed by atoms with Crippen molar-refractivity contribution in [3.63, 3.8) is 0 Å². The number of nitrogens with one attached hydrogen (secondary N) is 1. The maximum atomic E-state index is 11.5. The fourth-order valence-electron chi connectivity index (χ4n) is 1.53. The molecule has 0 spiro atoms. The summed E-state index contributed by atoms with van der Waals surface area (Å²) in [5.74, 6) is 1.20. The maximum absolute atomic E-state index is 11.5.